The second-order valence-corrected chi connectivity index (χ2v) is 11.2. The van der Waals surface area contributed by atoms with Gasteiger partial charge in [-0.3, -0.25) is 10.1 Å². The van der Waals surface area contributed by atoms with E-state index >= 15 is 0 Å². The lowest BCUT2D eigenvalue weighted by atomic mass is 10.1. The molecule has 5 radical (unpaired) electrons. The Balaban J connectivity index is 1.63. The highest BCUT2D eigenvalue weighted by atomic mass is 32.1. The summed E-state index contributed by atoms with van der Waals surface area (Å²) in [5.74, 6) is -0.853. The van der Waals surface area contributed by atoms with Gasteiger partial charge in [0.2, 0.25) is 16.0 Å². The molecule has 2 aromatic rings. The molecule has 1 saturated heterocycles. The first-order valence-electron chi connectivity index (χ1n) is 10.9. The van der Waals surface area contributed by atoms with Gasteiger partial charge in [-0.2, -0.15) is 0 Å². The molecule has 0 bridgehead atoms. The van der Waals surface area contributed by atoms with Crippen LogP contribution >= 0.6 is 11.3 Å². The van der Waals surface area contributed by atoms with Crippen LogP contribution in [0.1, 0.15) is 36.7 Å². The molecule has 1 aliphatic rings. The number of hydrogen-bond acceptors (Lipinski definition) is 11. The van der Waals surface area contributed by atoms with Crippen LogP contribution in [0, 0.1) is 0 Å². The number of carbonyl (C=O) groups is 1. The van der Waals surface area contributed by atoms with E-state index < -0.39 is 11.5 Å². The molecular formula is C21H27N6O5SSi2. The van der Waals surface area contributed by atoms with Gasteiger partial charge in [0.05, 0.1) is 23.0 Å². The summed E-state index contributed by atoms with van der Waals surface area (Å²) in [7, 11) is 7.74. The van der Waals surface area contributed by atoms with Gasteiger partial charge < -0.3 is 24.9 Å². The van der Waals surface area contributed by atoms with E-state index in [1.165, 1.54) is 19.4 Å². The third-order valence-corrected chi connectivity index (χ3v) is 7.97. The number of nitrogens with two attached hydrogens (primary N) is 1. The van der Waals surface area contributed by atoms with Gasteiger partial charge in [0.25, 0.3) is 5.91 Å². The number of rotatable bonds is 13. The fourth-order valence-electron chi connectivity index (χ4n) is 3.34. The average molecular weight is 532 g/mol. The van der Waals surface area contributed by atoms with Crippen molar-refractivity contribution in [2.24, 2.45) is 10.7 Å². The topological polar surface area (TPSA) is 154 Å². The fourth-order valence-corrected chi connectivity index (χ4v) is 5.71. The second kappa shape index (κ2) is 12.8. The van der Waals surface area contributed by atoms with E-state index in [1.54, 1.807) is 20.1 Å². The predicted octanol–water partition coefficient (Wildman–Crippen LogP) is 2.33. The molecule has 1 aliphatic heterocycles. The molecule has 0 aromatic carbocycles. The standard InChI is InChI=1S/C21H27N6O5SSi2/c1-11(7-8-22)23-20-26-27-21(33-20)25-18(28)13-9-12(17(31-3)19(29)32-13)24-16(34)6-4-5-14-15(35-14)10-30-2/h7-9,14-16,24H,4-6,10,22H2,1-3H3,(H,25,27,28)/t14-,15?,16?/m0/s1. The smallest absolute Gasteiger partial charge is 0.381 e. The van der Waals surface area contributed by atoms with E-state index in [0.717, 1.165) is 52.3 Å². The number of nitrogens with one attached hydrogen (secondary N) is 2. The number of aliphatic imine (C=N–C) groups is 1. The van der Waals surface area contributed by atoms with Crippen LogP contribution in [0.5, 0.6) is 5.75 Å². The Labute approximate surface area is 212 Å². The summed E-state index contributed by atoms with van der Waals surface area (Å²) in [5, 5.41) is 14.1. The molecule has 1 fully saturated rings. The van der Waals surface area contributed by atoms with Gasteiger partial charge in [-0.1, -0.05) is 24.2 Å². The van der Waals surface area contributed by atoms with Crippen LogP contribution in [0.2, 0.25) is 11.1 Å². The lowest BCUT2D eigenvalue weighted by molar-refractivity contribution is 0.0991. The summed E-state index contributed by atoms with van der Waals surface area (Å²) >= 11 is 1.06. The number of nitrogens with zero attached hydrogens (tertiary/aromatic N) is 3. The second-order valence-electron chi connectivity index (χ2n) is 7.76. The van der Waals surface area contributed by atoms with E-state index in [1.807, 2.05) is 0 Å². The third-order valence-electron chi connectivity index (χ3n) is 5.07. The van der Waals surface area contributed by atoms with Crippen molar-refractivity contribution in [3.05, 3.63) is 34.5 Å². The molecule has 14 heteroatoms. The van der Waals surface area contributed by atoms with Crippen LogP contribution in [-0.2, 0) is 4.74 Å². The summed E-state index contributed by atoms with van der Waals surface area (Å²) in [6, 6.07) is 1.43. The summed E-state index contributed by atoms with van der Waals surface area (Å²) < 4.78 is 15.6. The number of anilines is 2. The Hall–Kier alpha value is -2.82. The first-order valence-corrected chi connectivity index (χ1v) is 13.4. The average Bonchev–Trinajstić information content (AvgIpc) is 3.39. The summed E-state index contributed by atoms with van der Waals surface area (Å²) in [5.41, 5.74) is 6.87. The van der Waals surface area contributed by atoms with Crippen LogP contribution < -0.4 is 26.7 Å². The maximum atomic E-state index is 12.7. The minimum atomic E-state index is -0.769. The summed E-state index contributed by atoms with van der Waals surface area (Å²) in [6.07, 6.45) is 5.95. The van der Waals surface area contributed by atoms with E-state index in [9.17, 15) is 9.59 Å². The monoisotopic (exact) mass is 531 g/mol. The molecular weight excluding hydrogens is 505 g/mol. The first-order chi connectivity index (χ1) is 16.8. The van der Waals surface area contributed by atoms with Crippen molar-refractivity contribution in [3.63, 3.8) is 0 Å². The number of carbonyl (C=O) groups excluding carboxylic acids is 1. The normalized spacial score (nSPS) is 18.5. The van der Waals surface area contributed by atoms with Crippen LogP contribution in [0.25, 0.3) is 0 Å². The van der Waals surface area contributed by atoms with Crippen molar-refractivity contribution < 1.29 is 18.7 Å². The van der Waals surface area contributed by atoms with Gasteiger partial charge >= 0.3 is 5.63 Å². The molecule has 185 valence electrons. The zero-order valence-electron chi connectivity index (χ0n) is 19.7. The summed E-state index contributed by atoms with van der Waals surface area (Å²) in [4.78, 5) is 29.4. The lowest BCUT2D eigenvalue weighted by Gasteiger charge is -2.17. The molecule has 3 rings (SSSR count). The molecule has 11 nitrogen and oxygen atoms in total. The van der Waals surface area contributed by atoms with Crippen molar-refractivity contribution in [3.8, 4) is 5.75 Å². The van der Waals surface area contributed by atoms with E-state index in [0.29, 0.717) is 22.1 Å². The number of aromatic nitrogens is 2. The van der Waals surface area contributed by atoms with Gasteiger partial charge in [0.1, 0.15) is 0 Å². The van der Waals surface area contributed by atoms with Gasteiger partial charge in [0, 0.05) is 40.7 Å². The zero-order chi connectivity index (χ0) is 25.4. The minimum Gasteiger partial charge on any atom is -0.488 e. The Morgan fingerprint density at radius 1 is 1.43 bits per heavy atom. The van der Waals surface area contributed by atoms with Gasteiger partial charge in [-0.05, 0) is 36.7 Å². The molecule has 3 heterocycles. The zero-order valence-corrected chi connectivity index (χ0v) is 22.5. The van der Waals surface area contributed by atoms with Crippen LogP contribution in [0.4, 0.5) is 16.0 Å². The molecule has 35 heavy (non-hydrogen) atoms. The maximum absolute atomic E-state index is 12.7. The molecule has 4 N–H and O–H groups in total. The highest BCUT2D eigenvalue weighted by Gasteiger charge is 2.37. The highest BCUT2D eigenvalue weighted by Crippen LogP contribution is 2.45. The molecule has 3 atom stereocenters. The molecule has 0 saturated carbocycles. The van der Waals surface area contributed by atoms with Crippen LogP contribution in [0.15, 0.2) is 32.5 Å². The number of methoxy groups -OCH3 is 2. The largest absolute Gasteiger partial charge is 0.488 e. The summed E-state index contributed by atoms with van der Waals surface area (Å²) in [6.45, 7) is 2.59. The van der Waals surface area contributed by atoms with Gasteiger partial charge in [-0.15, -0.1) is 10.2 Å². The SMILES string of the molecule is COCC1[Si][C@H]1CCCC([Si])Nc1cc(C(=O)Nc2nnc(N=C(C)C=CN)s2)oc(=O)c1OC. The number of ether oxygens (including phenoxy) is 2. The van der Waals surface area contributed by atoms with E-state index in [4.69, 9.17) is 19.6 Å². The molecule has 0 aliphatic carbocycles. The van der Waals surface area contributed by atoms with Crippen molar-refractivity contribution in [2.45, 2.75) is 42.9 Å². The van der Waals surface area contributed by atoms with Crippen molar-refractivity contribution in [1.29, 1.82) is 0 Å². The molecule has 2 unspecified atom stereocenters. The third kappa shape index (κ3) is 7.85. The van der Waals surface area contributed by atoms with Crippen LogP contribution in [-0.4, -0.2) is 68.1 Å². The predicted molar refractivity (Wildman–Crippen MR) is 138 cm³/mol. The maximum Gasteiger partial charge on any atom is 0.381 e. The molecule has 2 aromatic heterocycles. The highest BCUT2D eigenvalue weighted by molar-refractivity contribution is 7.18. The van der Waals surface area contributed by atoms with Crippen molar-refractivity contribution >= 4 is 58.7 Å². The van der Waals surface area contributed by atoms with Crippen molar-refractivity contribution in [1.82, 2.24) is 10.2 Å². The quantitative estimate of drug-likeness (QED) is 0.261. The number of hydrogen-bond donors (Lipinski definition) is 3. The first kappa shape index (κ1) is 26.8. The Morgan fingerprint density at radius 2 is 2.23 bits per heavy atom. The lowest BCUT2D eigenvalue weighted by Crippen LogP contribution is -2.23. The fraction of sp³-hybridized carbons (Fsp3) is 0.476. The number of allylic oxidation sites excluding steroid dienone is 1. The van der Waals surface area contributed by atoms with E-state index in [2.05, 4.69) is 36.1 Å². The number of amides is 1. The van der Waals surface area contributed by atoms with Gasteiger partial charge in [-0.25, -0.2) is 9.79 Å². The molecule has 0 spiro atoms. The van der Waals surface area contributed by atoms with E-state index in [-0.39, 0.29) is 22.3 Å². The van der Waals surface area contributed by atoms with Crippen LogP contribution in [0.3, 0.4) is 0 Å². The van der Waals surface area contributed by atoms with Crippen molar-refractivity contribution in [2.75, 3.05) is 31.5 Å². The Bertz CT molecular complexity index is 1140. The minimum absolute atomic E-state index is 0.00962. The Kier molecular flexibility index (Phi) is 9.77. The van der Waals surface area contributed by atoms with Gasteiger partial charge in [0.15, 0.2) is 5.76 Å². The Morgan fingerprint density at radius 3 is 2.94 bits per heavy atom. The molecule has 1 amide bonds.